The van der Waals surface area contributed by atoms with Gasteiger partial charge in [-0.05, 0) is 41.4 Å². The maximum Gasteiger partial charge on any atom is 0.419 e. The van der Waals surface area contributed by atoms with Crippen LogP contribution in [0.4, 0.5) is 4.79 Å². The Kier molecular flexibility index (Phi) is 14.1. The zero-order valence-electron chi connectivity index (χ0n) is 13.9. The molecule has 0 saturated carbocycles. The van der Waals surface area contributed by atoms with E-state index in [0.29, 0.717) is 0 Å². The van der Waals surface area contributed by atoms with Crippen molar-refractivity contribution in [2.75, 3.05) is 13.2 Å². The first kappa shape index (κ1) is 22.0. The molecule has 0 aliphatic carbocycles. The first-order valence-corrected chi connectivity index (χ1v) is 6.88. The molecule has 0 bridgehead atoms. The summed E-state index contributed by atoms with van der Waals surface area (Å²) in [5.74, 6) is 32.7. The molecule has 0 saturated heterocycles. The number of ether oxygens (including phenoxy) is 2. The SMILES string of the molecule is C#CC#CC#CC#CC#CC#CC#CC#CNC(=O)OCCOC(=O)C=C. The zero-order chi connectivity index (χ0) is 20.0. The number of rotatable bonds is 4. The van der Waals surface area contributed by atoms with Crippen LogP contribution in [0.25, 0.3) is 0 Å². The van der Waals surface area contributed by atoms with Gasteiger partial charge in [0.15, 0.2) is 0 Å². The molecule has 1 N–H and O–H groups in total. The van der Waals surface area contributed by atoms with Crippen molar-refractivity contribution in [3.05, 3.63) is 12.7 Å². The van der Waals surface area contributed by atoms with Crippen LogP contribution in [0.2, 0.25) is 0 Å². The topological polar surface area (TPSA) is 64.6 Å². The number of alkyl carbamates (subject to hydrolysis) is 1. The maximum absolute atomic E-state index is 11.2. The lowest BCUT2D eigenvalue weighted by molar-refractivity contribution is -0.138. The Morgan fingerprint density at radius 3 is 1.70 bits per heavy atom. The summed E-state index contributed by atoms with van der Waals surface area (Å²) in [6.45, 7) is 3.02. The molecule has 0 aromatic carbocycles. The second-order valence-electron chi connectivity index (χ2n) is 3.53. The molecule has 0 fully saturated rings. The van der Waals surface area contributed by atoms with E-state index in [1.165, 1.54) is 0 Å². The van der Waals surface area contributed by atoms with E-state index in [0.717, 1.165) is 6.08 Å². The van der Waals surface area contributed by atoms with Crippen molar-refractivity contribution in [1.29, 1.82) is 0 Å². The molecule has 0 rings (SSSR count). The highest BCUT2D eigenvalue weighted by atomic mass is 16.6. The van der Waals surface area contributed by atoms with Gasteiger partial charge in [-0.3, -0.25) is 0 Å². The third-order valence-corrected chi connectivity index (χ3v) is 1.78. The van der Waals surface area contributed by atoms with Gasteiger partial charge >= 0.3 is 12.1 Å². The van der Waals surface area contributed by atoms with Crippen molar-refractivity contribution < 1.29 is 19.1 Å². The molecule has 5 heteroatoms. The summed E-state index contributed by atoms with van der Waals surface area (Å²) in [6, 6.07) is 2.25. The zero-order valence-corrected chi connectivity index (χ0v) is 13.9. The molecule has 0 aliphatic heterocycles. The van der Waals surface area contributed by atoms with Gasteiger partial charge in [0.05, 0.1) is 0 Å². The van der Waals surface area contributed by atoms with Crippen LogP contribution in [0.1, 0.15) is 0 Å². The van der Waals surface area contributed by atoms with Gasteiger partial charge in [-0.1, -0.05) is 6.58 Å². The first-order valence-electron chi connectivity index (χ1n) is 6.88. The van der Waals surface area contributed by atoms with E-state index in [-0.39, 0.29) is 13.2 Å². The average Bonchev–Trinajstić information content (AvgIpc) is 2.68. The third kappa shape index (κ3) is 17.2. The highest BCUT2D eigenvalue weighted by Crippen LogP contribution is 1.82. The van der Waals surface area contributed by atoms with Gasteiger partial charge in [0.2, 0.25) is 0 Å². The highest BCUT2D eigenvalue weighted by molar-refractivity contribution is 5.81. The monoisotopic (exact) mass is 351 g/mol. The molecule has 0 aliphatic rings. The summed E-state index contributed by atoms with van der Waals surface area (Å²) < 4.78 is 9.26. The molecule has 5 nitrogen and oxygen atoms in total. The van der Waals surface area contributed by atoms with Gasteiger partial charge in [0, 0.05) is 53.6 Å². The van der Waals surface area contributed by atoms with Gasteiger partial charge in [0.1, 0.15) is 13.2 Å². The van der Waals surface area contributed by atoms with E-state index in [9.17, 15) is 9.59 Å². The number of amides is 1. The first-order chi connectivity index (χ1) is 13.2. The second kappa shape index (κ2) is 17.3. The molecule has 0 atom stereocenters. The quantitative estimate of drug-likeness (QED) is 0.256. The Labute approximate surface area is 158 Å². The fraction of sp³-hybridized carbons (Fsp3) is 0.0909. The summed E-state index contributed by atoms with van der Waals surface area (Å²) in [6.07, 6.45) is 5.10. The van der Waals surface area contributed by atoms with Crippen molar-refractivity contribution in [3.63, 3.8) is 0 Å². The van der Waals surface area contributed by atoms with Crippen LogP contribution in [0, 0.1) is 95.4 Å². The fourth-order valence-corrected chi connectivity index (χ4v) is 0.865. The second-order valence-corrected chi connectivity index (χ2v) is 3.53. The summed E-state index contributed by atoms with van der Waals surface area (Å²) in [5.41, 5.74) is 0. The number of carbonyl (C=O) groups is 2. The van der Waals surface area contributed by atoms with Crippen LogP contribution in [0.3, 0.4) is 0 Å². The minimum absolute atomic E-state index is 0.0844. The third-order valence-electron chi connectivity index (χ3n) is 1.78. The lowest BCUT2D eigenvalue weighted by atomic mass is 10.5. The van der Waals surface area contributed by atoms with Crippen LogP contribution in [0.15, 0.2) is 12.7 Å². The number of esters is 1. The van der Waals surface area contributed by atoms with E-state index in [1.807, 2.05) is 0 Å². The number of carbonyl (C=O) groups excluding carboxylic acids is 2. The fourth-order valence-electron chi connectivity index (χ4n) is 0.865. The van der Waals surface area contributed by atoms with Crippen LogP contribution in [-0.2, 0) is 14.3 Å². The minimum atomic E-state index is -0.803. The molecule has 27 heavy (non-hydrogen) atoms. The summed E-state index contributed by atoms with van der Waals surface area (Å²) in [4.78, 5) is 21.9. The van der Waals surface area contributed by atoms with Crippen molar-refractivity contribution in [2.45, 2.75) is 0 Å². The van der Waals surface area contributed by atoms with Crippen LogP contribution in [0.5, 0.6) is 0 Å². The maximum atomic E-state index is 11.2. The molecule has 0 spiro atoms. The predicted octanol–water partition coefficient (Wildman–Crippen LogP) is 0.0563. The Bertz CT molecular complexity index is 1060. The van der Waals surface area contributed by atoms with E-state index in [1.54, 1.807) is 0 Å². The molecule has 0 aromatic rings. The number of terminal acetylenes is 1. The number of hydrogen-bond donors (Lipinski definition) is 1. The average molecular weight is 351 g/mol. The van der Waals surface area contributed by atoms with E-state index in [4.69, 9.17) is 6.42 Å². The standard InChI is InChI=1S/C22H9NO4/c1-3-5-6-7-8-9-10-11-12-13-14-15-16-17-18-23-22(25)27-20-19-26-21(24)4-2/h1,4H,2,19-20H2,(H,23,25). The molecular weight excluding hydrogens is 342 g/mol. The van der Waals surface area contributed by atoms with Gasteiger partial charge in [-0.15, -0.1) is 6.42 Å². The van der Waals surface area contributed by atoms with Gasteiger partial charge < -0.3 is 9.47 Å². The normalized spacial score (nSPS) is 5.89. The lowest BCUT2D eigenvalue weighted by Gasteiger charge is -2.02. The van der Waals surface area contributed by atoms with Gasteiger partial charge in [-0.2, -0.15) is 0 Å². The van der Waals surface area contributed by atoms with E-state index < -0.39 is 12.1 Å². The van der Waals surface area contributed by atoms with E-state index in [2.05, 4.69) is 110 Å². The van der Waals surface area contributed by atoms with E-state index >= 15 is 0 Å². The molecule has 1 amide bonds. The van der Waals surface area contributed by atoms with Crippen LogP contribution < -0.4 is 5.32 Å². The molecular formula is C22H9NO4. The van der Waals surface area contributed by atoms with Crippen LogP contribution >= 0.6 is 0 Å². The smallest absolute Gasteiger partial charge is 0.419 e. The molecule has 0 aromatic heterocycles. The molecule has 126 valence electrons. The van der Waals surface area contributed by atoms with Gasteiger partial charge in [0.25, 0.3) is 0 Å². The minimum Gasteiger partial charge on any atom is -0.459 e. The predicted molar refractivity (Wildman–Crippen MR) is 98.9 cm³/mol. The van der Waals surface area contributed by atoms with Crippen molar-refractivity contribution >= 4 is 12.1 Å². The summed E-state index contributed by atoms with van der Waals surface area (Å²) in [7, 11) is 0. The van der Waals surface area contributed by atoms with Crippen LogP contribution in [-0.4, -0.2) is 25.3 Å². The number of hydrogen-bond acceptors (Lipinski definition) is 4. The van der Waals surface area contributed by atoms with Crippen molar-refractivity contribution in [1.82, 2.24) is 5.32 Å². The van der Waals surface area contributed by atoms with Crippen molar-refractivity contribution in [2.24, 2.45) is 0 Å². The van der Waals surface area contributed by atoms with Gasteiger partial charge in [-0.25, -0.2) is 14.9 Å². The summed E-state index contributed by atoms with van der Waals surface area (Å²) >= 11 is 0. The summed E-state index contributed by atoms with van der Waals surface area (Å²) in [5, 5.41) is 2.12. The largest absolute Gasteiger partial charge is 0.459 e. The highest BCUT2D eigenvalue weighted by Gasteiger charge is 1.99. The molecule has 0 unspecified atom stereocenters. The number of nitrogens with one attached hydrogen (secondary N) is 1. The Morgan fingerprint density at radius 2 is 1.22 bits per heavy atom. The Balaban J connectivity index is 4.12. The lowest BCUT2D eigenvalue weighted by Crippen LogP contribution is -2.21. The molecule has 0 heterocycles. The molecule has 0 radical (unpaired) electrons. The van der Waals surface area contributed by atoms with Crippen molar-refractivity contribution in [3.8, 4) is 95.4 Å². The Morgan fingerprint density at radius 1 is 0.778 bits per heavy atom. The Hall–Kier alpha value is -5.04.